The van der Waals surface area contributed by atoms with E-state index in [9.17, 15) is 0 Å². The van der Waals surface area contributed by atoms with Gasteiger partial charge in [0.2, 0.25) is 5.82 Å². The molecule has 0 amide bonds. The molecule has 31 heavy (non-hydrogen) atoms. The van der Waals surface area contributed by atoms with Gasteiger partial charge in [-0.05, 0) is 61.1 Å². The lowest BCUT2D eigenvalue weighted by Gasteiger charge is -2.34. The van der Waals surface area contributed by atoms with Gasteiger partial charge in [-0.3, -0.25) is 0 Å². The van der Waals surface area contributed by atoms with Crippen LogP contribution >= 0.6 is 0 Å². The number of aryl methyl sites for hydroxylation is 2. The first kappa shape index (κ1) is 19.7. The minimum atomic E-state index is 0.660. The Bertz CT molecular complexity index is 1120. The summed E-state index contributed by atoms with van der Waals surface area (Å²) in [6.07, 6.45) is 5.78. The summed E-state index contributed by atoms with van der Waals surface area (Å²) in [7, 11) is 0. The highest BCUT2D eigenvalue weighted by Gasteiger charge is 2.23. The number of nitrogens with zero attached hydrogens (tertiary/aromatic N) is 6. The van der Waals surface area contributed by atoms with Crippen LogP contribution in [0.25, 0.3) is 22.4 Å². The molecular formula is C24H29N7. The van der Waals surface area contributed by atoms with Crippen molar-refractivity contribution in [1.82, 2.24) is 30.2 Å². The molecule has 7 heteroatoms. The largest absolute Gasteiger partial charge is 0.371 e. The summed E-state index contributed by atoms with van der Waals surface area (Å²) in [6, 6.07) is 16.9. The van der Waals surface area contributed by atoms with Crippen LogP contribution in [0.2, 0.25) is 0 Å². The summed E-state index contributed by atoms with van der Waals surface area (Å²) in [5, 5.41) is 14.7. The molecule has 5 rings (SSSR count). The number of benzene rings is 2. The molecule has 1 saturated heterocycles. The summed E-state index contributed by atoms with van der Waals surface area (Å²) in [6.45, 7) is 5.41. The summed E-state index contributed by atoms with van der Waals surface area (Å²) < 4.78 is 2.46. The van der Waals surface area contributed by atoms with Gasteiger partial charge in [0, 0.05) is 37.3 Å². The van der Waals surface area contributed by atoms with Gasteiger partial charge in [-0.15, -0.1) is 10.2 Å². The number of aromatic amines is 1. The van der Waals surface area contributed by atoms with E-state index in [-0.39, 0.29) is 0 Å². The van der Waals surface area contributed by atoms with Crippen molar-refractivity contribution in [3.8, 4) is 11.4 Å². The number of tetrazole rings is 1. The van der Waals surface area contributed by atoms with E-state index in [1.165, 1.54) is 36.3 Å². The Morgan fingerprint density at radius 2 is 1.84 bits per heavy atom. The van der Waals surface area contributed by atoms with E-state index in [0.717, 1.165) is 49.5 Å². The molecule has 2 aromatic carbocycles. The molecular weight excluding hydrogens is 386 g/mol. The third kappa shape index (κ3) is 4.04. The van der Waals surface area contributed by atoms with Crippen molar-refractivity contribution in [2.45, 2.75) is 45.6 Å². The zero-order chi connectivity index (χ0) is 21.0. The number of nitrogens with one attached hydrogen (secondary N) is 1. The molecule has 0 unspecified atom stereocenters. The minimum Gasteiger partial charge on any atom is -0.371 e. The van der Waals surface area contributed by atoms with Gasteiger partial charge in [-0.2, -0.15) is 5.21 Å². The fourth-order valence-corrected chi connectivity index (χ4v) is 4.78. The predicted molar refractivity (Wildman–Crippen MR) is 123 cm³/mol. The second kappa shape index (κ2) is 8.88. The van der Waals surface area contributed by atoms with E-state index >= 15 is 0 Å². The maximum absolute atomic E-state index is 4.89. The minimum absolute atomic E-state index is 0.660. The molecule has 1 aliphatic heterocycles. The topological polar surface area (TPSA) is 75.5 Å². The van der Waals surface area contributed by atoms with Crippen molar-refractivity contribution in [3.05, 3.63) is 54.4 Å². The van der Waals surface area contributed by atoms with Gasteiger partial charge >= 0.3 is 0 Å². The van der Waals surface area contributed by atoms with Gasteiger partial charge in [-0.1, -0.05) is 31.2 Å². The smallest absolute Gasteiger partial charge is 0.206 e. The Hall–Kier alpha value is -3.22. The van der Waals surface area contributed by atoms with Gasteiger partial charge in [0.1, 0.15) is 5.82 Å². The number of anilines is 1. The van der Waals surface area contributed by atoms with Gasteiger partial charge in [0.05, 0.1) is 11.0 Å². The average Bonchev–Trinajstić information content (AvgIpc) is 3.47. The van der Waals surface area contributed by atoms with Crippen molar-refractivity contribution >= 4 is 16.7 Å². The van der Waals surface area contributed by atoms with Crippen LogP contribution in [0.5, 0.6) is 0 Å². The van der Waals surface area contributed by atoms with Crippen molar-refractivity contribution < 1.29 is 0 Å². The predicted octanol–water partition coefficient (Wildman–Crippen LogP) is 4.48. The van der Waals surface area contributed by atoms with Gasteiger partial charge < -0.3 is 9.47 Å². The van der Waals surface area contributed by atoms with Gasteiger partial charge in [0.15, 0.2) is 0 Å². The molecule has 0 radical (unpaired) electrons. The third-order valence-electron chi connectivity index (χ3n) is 6.41. The Morgan fingerprint density at radius 3 is 2.65 bits per heavy atom. The van der Waals surface area contributed by atoms with Crippen molar-refractivity contribution in [2.75, 3.05) is 18.0 Å². The van der Waals surface area contributed by atoms with Crippen LogP contribution in [0.4, 0.5) is 5.69 Å². The molecule has 2 aromatic heterocycles. The number of hydrogen-bond donors (Lipinski definition) is 1. The van der Waals surface area contributed by atoms with Crippen LogP contribution in [-0.2, 0) is 13.0 Å². The molecule has 0 atom stereocenters. The molecule has 1 aliphatic rings. The Balaban J connectivity index is 1.25. The fraction of sp³-hybridized carbons (Fsp3) is 0.417. The van der Waals surface area contributed by atoms with E-state index in [1.807, 2.05) is 6.07 Å². The molecule has 1 N–H and O–H groups in total. The first-order valence-electron chi connectivity index (χ1n) is 11.4. The van der Waals surface area contributed by atoms with Crippen LogP contribution in [0.1, 0.15) is 38.4 Å². The number of hydrogen-bond acceptors (Lipinski definition) is 5. The number of aromatic nitrogens is 6. The van der Waals surface area contributed by atoms with E-state index in [4.69, 9.17) is 4.98 Å². The summed E-state index contributed by atoms with van der Waals surface area (Å²) >= 11 is 0. The second-order valence-corrected chi connectivity index (χ2v) is 8.39. The first-order valence-corrected chi connectivity index (χ1v) is 11.4. The SMILES string of the molecule is CCCc1nc2ccccc2n1CCC1CCN(c2ccccc2-c2nn[nH]n2)CC1. The summed E-state index contributed by atoms with van der Waals surface area (Å²) in [5.41, 5.74) is 4.65. The molecule has 0 bridgehead atoms. The van der Waals surface area contributed by atoms with Crippen LogP contribution in [0.15, 0.2) is 48.5 Å². The van der Waals surface area contributed by atoms with Crippen LogP contribution in [0, 0.1) is 5.92 Å². The monoisotopic (exact) mass is 415 g/mol. The highest BCUT2D eigenvalue weighted by Crippen LogP contribution is 2.32. The van der Waals surface area contributed by atoms with E-state index in [2.05, 4.69) is 79.5 Å². The fourth-order valence-electron chi connectivity index (χ4n) is 4.78. The normalized spacial score (nSPS) is 15.1. The zero-order valence-corrected chi connectivity index (χ0v) is 18.0. The second-order valence-electron chi connectivity index (χ2n) is 8.39. The van der Waals surface area contributed by atoms with Crippen molar-refractivity contribution in [2.24, 2.45) is 5.92 Å². The Labute approximate surface area is 182 Å². The maximum atomic E-state index is 4.89. The molecule has 7 nitrogen and oxygen atoms in total. The molecule has 0 aliphatic carbocycles. The lowest BCUT2D eigenvalue weighted by molar-refractivity contribution is 0.361. The van der Waals surface area contributed by atoms with E-state index in [1.54, 1.807) is 0 Å². The van der Waals surface area contributed by atoms with Gasteiger partial charge in [-0.25, -0.2) is 4.98 Å². The number of imidazole rings is 1. The Kier molecular flexibility index (Phi) is 5.65. The highest BCUT2D eigenvalue weighted by molar-refractivity contribution is 5.76. The molecule has 0 spiro atoms. The summed E-state index contributed by atoms with van der Waals surface area (Å²) in [4.78, 5) is 7.36. The van der Waals surface area contributed by atoms with Crippen LogP contribution < -0.4 is 4.90 Å². The summed E-state index contributed by atoms with van der Waals surface area (Å²) in [5.74, 6) is 2.63. The number of H-pyrrole nitrogens is 1. The molecule has 160 valence electrons. The Morgan fingerprint density at radius 1 is 1.03 bits per heavy atom. The lowest BCUT2D eigenvalue weighted by atomic mass is 9.92. The quantitative estimate of drug-likeness (QED) is 0.482. The standard InChI is InChI=1S/C24H29N7/c1-2-7-23-25-20-9-4-6-11-22(20)31(23)17-14-18-12-15-30(16-13-18)21-10-5-3-8-19(21)24-26-28-29-27-24/h3-6,8-11,18H,2,7,12-17H2,1H3,(H,26,27,28,29). The molecule has 3 heterocycles. The highest BCUT2D eigenvalue weighted by atomic mass is 15.5. The first-order chi connectivity index (χ1) is 15.3. The average molecular weight is 416 g/mol. The van der Waals surface area contributed by atoms with Crippen LogP contribution in [0.3, 0.4) is 0 Å². The van der Waals surface area contributed by atoms with Crippen molar-refractivity contribution in [1.29, 1.82) is 0 Å². The molecule has 0 saturated carbocycles. The maximum Gasteiger partial charge on any atom is 0.206 e. The number of para-hydroxylation sites is 3. The number of piperidine rings is 1. The third-order valence-corrected chi connectivity index (χ3v) is 6.41. The van der Waals surface area contributed by atoms with Crippen molar-refractivity contribution in [3.63, 3.8) is 0 Å². The lowest BCUT2D eigenvalue weighted by Crippen LogP contribution is -2.34. The molecule has 1 fully saturated rings. The number of rotatable bonds is 7. The van der Waals surface area contributed by atoms with E-state index in [0.29, 0.717) is 5.82 Å². The molecule has 4 aromatic rings. The van der Waals surface area contributed by atoms with Crippen LogP contribution in [-0.4, -0.2) is 43.3 Å². The van der Waals surface area contributed by atoms with Gasteiger partial charge in [0.25, 0.3) is 0 Å². The van der Waals surface area contributed by atoms with E-state index < -0.39 is 0 Å². The zero-order valence-electron chi connectivity index (χ0n) is 18.0. The number of fused-ring (bicyclic) bond motifs is 1.